The number of piperidine rings is 1. The van der Waals surface area contributed by atoms with Crippen molar-refractivity contribution in [1.29, 1.82) is 0 Å². The van der Waals surface area contributed by atoms with Gasteiger partial charge in [-0.05, 0) is 48.1 Å². The molecule has 0 radical (unpaired) electrons. The Labute approximate surface area is 192 Å². The van der Waals surface area contributed by atoms with Crippen molar-refractivity contribution in [2.75, 3.05) is 19.7 Å². The lowest BCUT2D eigenvalue weighted by Crippen LogP contribution is -2.51. The SMILES string of the molecule is C[C@@H](c1ccccc1-c1ccc(F)cc1)n1cncc1C(=O)N1CC[C@@H]2CC(=O)CO[C@H]2C1. The first-order chi connectivity index (χ1) is 16.0. The zero-order valence-corrected chi connectivity index (χ0v) is 18.5. The second kappa shape index (κ2) is 8.90. The highest BCUT2D eigenvalue weighted by atomic mass is 19.1. The van der Waals surface area contributed by atoms with E-state index < -0.39 is 0 Å². The number of ketones is 1. The molecule has 0 unspecified atom stereocenters. The van der Waals surface area contributed by atoms with E-state index in [0.29, 0.717) is 25.2 Å². The smallest absolute Gasteiger partial charge is 0.272 e. The minimum atomic E-state index is -0.276. The number of nitrogens with zero attached hydrogens (tertiary/aromatic N) is 3. The second-order valence-corrected chi connectivity index (χ2v) is 8.85. The number of hydrogen-bond acceptors (Lipinski definition) is 4. The standard InChI is InChI=1S/C26H26FN3O3/c1-17(22-4-2-3-5-23(22)18-6-8-20(27)9-7-18)30-16-28-13-24(30)26(32)29-11-10-19-12-21(31)15-33-25(19)14-29/h2-9,13,16-17,19,25H,10-12,14-15H2,1H3/t17-,19+,25-/m0/s1. The highest BCUT2D eigenvalue weighted by Crippen LogP contribution is 2.32. The van der Waals surface area contributed by atoms with Crippen molar-refractivity contribution < 1.29 is 18.7 Å². The number of fused-ring (bicyclic) bond motifs is 1. The summed E-state index contributed by atoms with van der Waals surface area (Å²) in [6.45, 7) is 3.26. The molecule has 2 aliphatic heterocycles. The third kappa shape index (κ3) is 4.20. The Morgan fingerprint density at radius 1 is 1.18 bits per heavy atom. The van der Waals surface area contributed by atoms with Gasteiger partial charge in [0.15, 0.2) is 5.78 Å². The molecule has 0 bridgehead atoms. The molecule has 1 aromatic heterocycles. The van der Waals surface area contributed by atoms with Crippen molar-refractivity contribution in [2.24, 2.45) is 5.92 Å². The first kappa shape index (κ1) is 21.5. The van der Waals surface area contributed by atoms with Crippen LogP contribution >= 0.6 is 0 Å². The third-order valence-electron chi connectivity index (χ3n) is 6.80. The van der Waals surface area contributed by atoms with Crippen LogP contribution in [0.3, 0.4) is 0 Å². The van der Waals surface area contributed by atoms with Crippen LogP contribution in [0.15, 0.2) is 61.1 Å². The average molecular weight is 448 g/mol. The lowest BCUT2D eigenvalue weighted by molar-refractivity contribution is -0.139. The van der Waals surface area contributed by atoms with Gasteiger partial charge in [-0.1, -0.05) is 36.4 Å². The predicted molar refractivity (Wildman–Crippen MR) is 121 cm³/mol. The number of ether oxygens (including phenoxy) is 1. The van der Waals surface area contributed by atoms with Crippen molar-refractivity contribution >= 4 is 11.7 Å². The van der Waals surface area contributed by atoms with Gasteiger partial charge in [-0.25, -0.2) is 9.37 Å². The normalized spacial score (nSPS) is 21.5. The van der Waals surface area contributed by atoms with Gasteiger partial charge in [0.25, 0.3) is 5.91 Å². The summed E-state index contributed by atoms with van der Waals surface area (Å²) >= 11 is 0. The molecular formula is C26H26FN3O3. The number of amides is 1. The van der Waals surface area contributed by atoms with Crippen LogP contribution in [0.2, 0.25) is 0 Å². The van der Waals surface area contributed by atoms with Gasteiger partial charge in [0, 0.05) is 19.5 Å². The lowest BCUT2D eigenvalue weighted by Gasteiger charge is -2.40. The second-order valence-electron chi connectivity index (χ2n) is 8.85. The minimum Gasteiger partial charge on any atom is -0.368 e. The molecule has 2 aliphatic rings. The Hall–Kier alpha value is -3.32. The monoisotopic (exact) mass is 447 g/mol. The fourth-order valence-electron chi connectivity index (χ4n) is 4.97. The van der Waals surface area contributed by atoms with E-state index >= 15 is 0 Å². The summed E-state index contributed by atoms with van der Waals surface area (Å²) in [6.07, 6.45) is 4.51. The van der Waals surface area contributed by atoms with Crippen LogP contribution in [0, 0.1) is 11.7 Å². The molecule has 33 heavy (non-hydrogen) atoms. The number of carbonyl (C=O) groups is 2. The Bertz CT molecular complexity index is 1170. The Kier molecular flexibility index (Phi) is 5.81. The van der Waals surface area contributed by atoms with Crippen LogP contribution in [0.1, 0.15) is 41.9 Å². The molecular weight excluding hydrogens is 421 g/mol. The fourth-order valence-corrected chi connectivity index (χ4v) is 4.97. The number of aromatic nitrogens is 2. The van der Waals surface area contributed by atoms with E-state index in [9.17, 15) is 14.0 Å². The third-order valence-corrected chi connectivity index (χ3v) is 6.80. The summed E-state index contributed by atoms with van der Waals surface area (Å²) in [6, 6.07) is 14.2. The van der Waals surface area contributed by atoms with Gasteiger partial charge >= 0.3 is 0 Å². The molecule has 3 atom stereocenters. The molecule has 3 aromatic rings. The summed E-state index contributed by atoms with van der Waals surface area (Å²) in [5.41, 5.74) is 3.43. The van der Waals surface area contributed by atoms with Gasteiger partial charge in [-0.15, -0.1) is 0 Å². The van der Waals surface area contributed by atoms with E-state index in [2.05, 4.69) is 4.98 Å². The van der Waals surface area contributed by atoms with Crippen LogP contribution in [0.4, 0.5) is 4.39 Å². The molecule has 7 heteroatoms. The van der Waals surface area contributed by atoms with E-state index in [1.54, 1.807) is 24.7 Å². The lowest BCUT2D eigenvalue weighted by atomic mass is 9.87. The van der Waals surface area contributed by atoms with E-state index in [-0.39, 0.29) is 42.2 Å². The summed E-state index contributed by atoms with van der Waals surface area (Å²) in [7, 11) is 0. The van der Waals surface area contributed by atoms with Crippen molar-refractivity contribution in [2.45, 2.75) is 31.9 Å². The van der Waals surface area contributed by atoms with Gasteiger partial charge in [0.2, 0.25) is 0 Å². The summed E-state index contributed by atoms with van der Waals surface area (Å²) in [4.78, 5) is 31.2. The van der Waals surface area contributed by atoms with E-state index in [1.165, 1.54) is 12.1 Å². The van der Waals surface area contributed by atoms with Crippen LogP contribution in [-0.2, 0) is 9.53 Å². The average Bonchev–Trinajstić information content (AvgIpc) is 3.33. The first-order valence-corrected chi connectivity index (χ1v) is 11.3. The number of benzene rings is 2. The molecule has 0 spiro atoms. The quantitative estimate of drug-likeness (QED) is 0.604. The van der Waals surface area contributed by atoms with Crippen molar-refractivity contribution in [1.82, 2.24) is 14.5 Å². The van der Waals surface area contributed by atoms with Gasteiger partial charge in [0.1, 0.15) is 18.1 Å². The summed E-state index contributed by atoms with van der Waals surface area (Å²) in [5.74, 6) is -0.0242. The topological polar surface area (TPSA) is 64.4 Å². The molecule has 2 fully saturated rings. The number of Topliss-reactive ketones (excluding diaryl/α,β-unsaturated/α-hetero) is 1. The summed E-state index contributed by atoms with van der Waals surface area (Å²) in [5, 5.41) is 0. The van der Waals surface area contributed by atoms with Gasteiger partial charge in [-0.2, -0.15) is 0 Å². The van der Waals surface area contributed by atoms with Gasteiger partial charge in [0.05, 0.1) is 24.7 Å². The molecule has 1 amide bonds. The number of carbonyl (C=O) groups excluding carboxylic acids is 2. The number of hydrogen-bond donors (Lipinski definition) is 0. The van der Waals surface area contributed by atoms with Crippen molar-refractivity contribution in [3.63, 3.8) is 0 Å². The van der Waals surface area contributed by atoms with Crippen molar-refractivity contribution in [3.05, 3.63) is 78.1 Å². The van der Waals surface area contributed by atoms with Crippen LogP contribution in [-0.4, -0.2) is 51.9 Å². The molecule has 2 aromatic carbocycles. The molecule has 6 nitrogen and oxygen atoms in total. The highest BCUT2D eigenvalue weighted by Gasteiger charge is 2.37. The van der Waals surface area contributed by atoms with Crippen LogP contribution in [0.5, 0.6) is 0 Å². The molecule has 0 aliphatic carbocycles. The molecule has 5 rings (SSSR count). The number of imidazole rings is 1. The first-order valence-electron chi connectivity index (χ1n) is 11.3. The molecule has 3 heterocycles. The maximum atomic E-state index is 13.4. The minimum absolute atomic E-state index is 0.0856. The van der Waals surface area contributed by atoms with Crippen LogP contribution in [0.25, 0.3) is 11.1 Å². The van der Waals surface area contributed by atoms with Crippen LogP contribution < -0.4 is 0 Å². The number of likely N-dealkylation sites (tertiary alicyclic amines) is 1. The largest absolute Gasteiger partial charge is 0.368 e. The maximum Gasteiger partial charge on any atom is 0.272 e. The highest BCUT2D eigenvalue weighted by molar-refractivity contribution is 5.92. The van der Waals surface area contributed by atoms with E-state index in [1.807, 2.05) is 40.7 Å². The summed E-state index contributed by atoms with van der Waals surface area (Å²) < 4.78 is 21.1. The molecule has 0 saturated carbocycles. The molecule has 2 saturated heterocycles. The van der Waals surface area contributed by atoms with E-state index in [0.717, 1.165) is 23.1 Å². The fraction of sp³-hybridized carbons (Fsp3) is 0.346. The maximum absolute atomic E-state index is 13.4. The molecule has 0 N–H and O–H groups in total. The Morgan fingerprint density at radius 2 is 1.97 bits per heavy atom. The number of halogens is 1. The Morgan fingerprint density at radius 3 is 2.79 bits per heavy atom. The van der Waals surface area contributed by atoms with Crippen molar-refractivity contribution in [3.8, 4) is 11.1 Å². The van der Waals surface area contributed by atoms with E-state index in [4.69, 9.17) is 4.74 Å². The van der Waals surface area contributed by atoms with Gasteiger partial charge < -0.3 is 14.2 Å². The van der Waals surface area contributed by atoms with Gasteiger partial charge in [-0.3, -0.25) is 9.59 Å². The predicted octanol–water partition coefficient (Wildman–Crippen LogP) is 4.12. The zero-order valence-electron chi connectivity index (χ0n) is 18.5. The molecule has 170 valence electrons. The zero-order chi connectivity index (χ0) is 22.9. The number of rotatable bonds is 4. The Balaban J connectivity index is 1.40.